The summed E-state index contributed by atoms with van der Waals surface area (Å²) < 4.78 is 7.54. The second-order valence-corrected chi connectivity index (χ2v) is 9.28. The molecule has 2 aromatic carbocycles. The molecule has 0 aliphatic heterocycles. The van der Waals surface area contributed by atoms with E-state index in [0.717, 1.165) is 33.8 Å². The summed E-state index contributed by atoms with van der Waals surface area (Å²) in [6.07, 6.45) is 3.45. The lowest BCUT2D eigenvalue weighted by Gasteiger charge is -2.16. The van der Waals surface area contributed by atoms with Crippen LogP contribution in [-0.2, 0) is 4.79 Å². The number of carbonyl (C=O) groups is 1. The minimum Gasteiger partial charge on any atom is -0.494 e. The van der Waals surface area contributed by atoms with Gasteiger partial charge in [-0.05, 0) is 67.3 Å². The Morgan fingerprint density at radius 2 is 1.80 bits per heavy atom. The number of amides is 1. The molecule has 1 amide bonds. The average molecular weight is 488 g/mol. The third-order valence-electron chi connectivity index (χ3n) is 5.50. The molecule has 180 valence electrons. The number of thioether (sulfide) groups is 1. The van der Waals surface area contributed by atoms with E-state index in [1.165, 1.54) is 11.8 Å². The number of pyridine rings is 1. The number of hydrogen-bond donors (Lipinski definition) is 1. The van der Waals surface area contributed by atoms with E-state index in [9.17, 15) is 4.79 Å². The Balaban J connectivity index is 1.60. The predicted molar refractivity (Wildman–Crippen MR) is 140 cm³/mol. The highest BCUT2D eigenvalue weighted by molar-refractivity contribution is 7.99. The van der Waals surface area contributed by atoms with E-state index in [2.05, 4.69) is 40.4 Å². The van der Waals surface area contributed by atoms with Gasteiger partial charge >= 0.3 is 0 Å². The molecule has 0 bridgehead atoms. The first-order valence-electron chi connectivity index (χ1n) is 11.6. The Morgan fingerprint density at radius 1 is 1.06 bits per heavy atom. The van der Waals surface area contributed by atoms with Crippen LogP contribution < -0.4 is 10.1 Å². The van der Waals surface area contributed by atoms with Crippen molar-refractivity contribution in [1.29, 1.82) is 0 Å². The van der Waals surface area contributed by atoms with Crippen LogP contribution in [0.15, 0.2) is 72.1 Å². The number of anilines is 1. The van der Waals surface area contributed by atoms with Crippen LogP contribution in [0.3, 0.4) is 0 Å². The summed E-state index contributed by atoms with van der Waals surface area (Å²) >= 11 is 1.35. The molecule has 0 aliphatic carbocycles. The van der Waals surface area contributed by atoms with Crippen molar-refractivity contribution in [3.8, 4) is 22.8 Å². The van der Waals surface area contributed by atoms with Gasteiger partial charge in [0.1, 0.15) is 5.75 Å². The lowest BCUT2D eigenvalue weighted by atomic mass is 9.98. The first-order valence-corrected chi connectivity index (χ1v) is 12.6. The Morgan fingerprint density at radius 3 is 2.49 bits per heavy atom. The minimum absolute atomic E-state index is 0.0853. The van der Waals surface area contributed by atoms with E-state index < -0.39 is 0 Å². The molecule has 2 aromatic heterocycles. The minimum atomic E-state index is -0.0853. The molecule has 0 aliphatic rings. The highest BCUT2D eigenvalue weighted by atomic mass is 32.2. The van der Waals surface area contributed by atoms with E-state index in [-0.39, 0.29) is 11.7 Å². The third kappa shape index (κ3) is 5.71. The number of aromatic nitrogens is 4. The van der Waals surface area contributed by atoms with Gasteiger partial charge < -0.3 is 10.1 Å². The van der Waals surface area contributed by atoms with Gasteiger partial charge in [-0.3, -0.25) is 14.3 Å². The number of nitrogens with one attached hydrogen (secondary N) is 1. The molecule has 0 fully saturated rings. The summed E-state index contributed by atoms with van der Waals surface area (Å²) in [5.41, 5.74) is 4.83. The molecule has 0 atom stereocenters. The Bertz CT molecular complexity index is 1290. The fraction of sp³-hybridized carbons (Fsp3) is 0.259. The number of para-hydroxylation sites is 1. The van der Waals surface area contributed by atoms with Crippen molar-refractivity contribution < 1.29 is 9.53 Å². The lowest BCUT2D eigenvalue weighted by Crippen LogP contribution is -2.17. The van der Waals surface area contributed by atoms with E-state index in [1.807, 2.05) is 66.9 Å². The second-order valence-electron chi connectivity index (χ2n) is 8.34. The fourth-order valence-electron chi connectivity index (χ4n) is 3.79. The van der Waals surface area contributed by atoms with Crippen molar-refractivity contribution in [2.75, 3.05) is 17.7 Å². The van der Waals surface area contributed by atoms with Crippen LogP contribution in [0, 0.1) is 6.92 Å². The van der Waals surface area contributed by atoms with Crippen LogP contribution in [0.1, 0.15) is 37.8 Å². The Labute approximate surface area is 210 Å². The highest BCUT2D eigenvalue weighted by Crippen LogP contribution is 2.30. The summed E-state index contributed by atoms with van der Waals surface area (Å²) in [6.45, 7) is 8.82. The maximum absolute atomic E-state index is 12.9. The van der Waals surface area contributed by atoms with Crippen LogP contribution in [0.5, 0.6) is 5.75 Å². The zero-order chi connectivity index (χ0) is 24.8. The molecule has 2 heterocycles. The van der Waals surface area contributed by atoms with Crippen LogP contribution >= 0.6 is 11.8 Å². The maximum Gasteiger partial charge on any atom is 0.234 e. The average Bonchev–Trinajstić information content (AvgIpc) is 3.29. The largest absolute Gasteiger partial charge is 0.494 e. The molecule has 0 radical (unpaired) electrons. The van der Waals surface area contributed by atoms with Gasteiger partial charge in [0.25, 0.3) is 0 Å². The van der Waals surface area contributed by atoms with Gasteiger partial charge in [-0.2, -0.15) is 0 Å². The van der Waals surface area contributed by atoms with Crippen molar-refractivity contribution in [2.24, 2.45) is 0 Å². The quantitative estimate of drug-likeness (QED) is 0.297. The molecule has 4 rings (SSSR count). The maximum atomic E-state index is 12.9. The summed E-state index contributed by atoms with van der Waals surface area (Å²) in [4.78, 5) is 17.0. The lowest BCUT2D eigenvalue weighted by molar-refractivity contribution is -0.113. The second kappa shape index (κ2) is 11.2. The summed E-state index contributed by atoms with van der Waals surface area (Å²) in [7, 11) is 0. The van der Waals surface area contributed by atoms with Crippen LogP contribution in [0.25, 0.3) is 17.1 Å². The molecule has 8 heteroatoms. The molecule has 0 unspecified atom stereocenters. The molecule has 0 spiro atoms. The molecule has 7 nitrogen and oxygen atoms in total. The highest BCUT2D eigenvalue weighted by Gasteiger charge is 2.18. The first kappa shape index (κ1) is 24.5. The predicted octanol–water partition coefficient (Wildman–Crippen LogP) is 5.89. The number of hydrogen-bond acceptors (Lipinski definition) is 6. The van der Waals surface area contributed by atoms with Crippen molar-refractivity contribution >= 4 is 23.4 Å². The first-order chi connectivity index (χ1) is 17.0. The van der Waals surface area contributed by atoms with Crippen LogP contribution in [0.4, 0.5) is 5.69 Å². The van der Waals surface area contributed by atoms with Gasteiger partial charge in [0.15, 0.2) is 11.0 Å². The van der Waals surface area contributed by atoms with Crippen molar-refractivity contribution in [2.45, 2.75) is 38.8 Å². The molecule has 0 saturated heterocycles. The van der Waals surface area contributed by atoms with E-state index >= 15 is 0 Å². The normalized spacial score (nSPS) is 11.0. The van der Waals surface area contributed by atoms with Gasteiger partial charge in [0.05, 0.1) is 12.4 Å². The SMILES string of the molecule is CCOc1ccc(-n2c(SCC(=O)Nc3c(C)cccc3C(C)C)nnc2-c2ccncc2)cc1. The molecular weight excluding hydrogens is 458 g/mol. The number of benzene rings is 2. The van der Waals surface area contributed by atoms with Crippen molar-refractivity contribution in [3.63, 3.8) is 0 Å². The zero-order valence-electron chi connectivity index (χ0n) is 20.4. The Hall–Kier alpha value is -3.65. The van der Waals surface area contributed by atoms with E-state index in [4.69, 9.17) is 4.74 Å². The van der Waals surface area contributed by atoms with E-state index in [0.29, 0.717) is 23.5 Å². The van der Waals surface area contributed by atoms with Crippen LogP contribution in [-0.4, -0.2) is 38.0 Å². The number of rotatable bonds is 9. The zero-order valence-corrected chi connectivity index (χ0v) is 21.2. The fourth-order valence-corrected chi connectivity index (χ4v) is 4.54. The molecule has 1 N–H and O–H groups in total. The summed E-state index contributed by atoms with van der Waals surface area (Å²) in [5.74, 6) is 1.90. The third-order valence-corrected chi connectivity index (χ3v) is 6.43. The van der Waals surface area contributed by atoms with Crippen molar-refractivity contribution in [1.82, 2.24) is 19.7 Å². The summed E-state index contributed by atoms with van der Waals surface area (Å²) in [5, 5.41) is 12.6. The topological polar surface area (TPSA) is 81.9 Å². The van der Waals surface area contributed by atoms with Gasteiger partial charge in [0.2, 0.25) is 5.91 Å². The van der Waals surface area contributed by atoms with Gasteiger partial charge in [0, 0.05) is 29.3 Å². The molecule has 35 heavy (non-hydrogen) atoms. The van der Waals surface area contributed by atoms with Gasteiger partial charge in [-0.1, -0.05) is 43.8 Å². The van der Waals surface area contributed by atoms with Crippen LogP contribution in [0.2, 0.25) is 0 Å². The standard InChI is InChI=1S/C27H29N5O2S/c1-5-34-22-11-9-21(10-12-22)32-26(20-13-15-28-16-14-20)30-31-27(32)35-17-24(33)29-25-19(4)7-6-8-23(25)18(2)3/h6-16,18H,5,17H2,1-4H3,(H,29,33). The molecule has 0 saturated carbocycles. The molecular formula is C27H29N5O2S. The number of aryl methyl sites for hydroxylation is 1. The monoisotopic (exact) mass is 487 g/mol. The summed E-state index contributed by atoms with van der Waals surface area (Å²) in [6, 6.07) is 17.6. The smallest absolute Gasteiger partial charge is 0.234 e. The number of carbonyl (C=O) groups excluding carboxylic acids is 1. The number of nitrogens with zero attached hydrogens (tertiary/aromatic N) is 4. The Kier molecular flexibility index (Phi) is 7.82. The van der Waals surface area contributed by atoms with Gasteiger partial charge in [-0.15, -0.1) is 10.2 Å². The van der Waals surface area contributed by atoms with Crippen molar-refractivity contribution in [3.05, 3.63) is 78.1 Å². The number of ether oxygens (including phenoxy) is 1. The van der Waals surface area contributed by atoms with E-state index in [1.54, 1.807) is 12.4 Å². The van der Waals surface area contributed by atoms with Gasteiger partial charge in [-0.25, -0.2) is 0 Å². The molecule has 4 aromatic rings.